The molecule has 0 amide bonds. The normalized spacial score (nSPS) is 28.1. The Balaban J connectivity index is 3.12. The predicted molar refractivity (Wildman–Crippen MR) is 46.2 cm³/mol. The van der Waals surface area contributed by atoms with E-state index in [4.69, 9.17) is 4.18 Å². The van der Waals surface area contributed by atoms with E-state index < -0.39 is 15.7 Å². The molecule has 1 heterocycles. The summed E-state index contributed by atoms with van der Waals surface area (Å²) in [6, 6.07) is 0. The van der Waals surface area contributed by atoms with Gasteiger partial charge in [-0.1, -0.05) is 0 Å². The van der Waals surface area contributed by atoms with E-state index in [-0.39, 0.29) is 0 Å². The summed E-state index contributed by atoms with van der Waals surface area (Å²) in [5.74, 6) is 0. The summed E-state index contributed by atoms with van der Waals surface area (Å²) < 4.78 is 26.9. The molecule has 0 atom stereocenters. The van der Waals surface area contributed by atoms with Crippen LogP contribution in [0.1, 0.15) is 13.8 Å². The molecule has 5 heteroatoms. The van der Waals surface area contributed by atoms with E-state index in [0.29, 0.717) is 3.58 Å². The molecular weight excluding hydrogens is 267 g/mol. The van der Waals surface area contributed by atoms with Crippen molar-refractivity contribution in [2.45, 2.75) is 19.4 Å². The SMILES string of the molecule is CC1(C)OS(=O)(=O)C=C1I. The first kappa shape index (κ1) is 8.48. The van der Waals surface area contributed by atoms with Gasteiger partial charge in [0.15, 0.2) is 0 Å². The molecule has 0 fully saturated rings. The van der Waals surface area contributed by atoms with E-state index >= 15 is 0 Å². The summed E-state index contributed by atoms with van der Waals surface area (Å²) in [6.07, 6.45) is 0. The van der Waals surface area contributed by atoms with Crippen LogP contribution in [0.5, 0.6) is 0 Å². The van der Waals surface area contributed by atoms with E-state index in [1.165, 1.54) is 0 Å². The monoisotopic (exact) mass is 274 g/mol. The van der Waals surface area contributed by atoms with Gasteiger partial charge in [-0.25, -0.2) is 0 Å². The first-order chi connectivity index (χ1) is 4.33. The third kappa shape index (κ3) is 1.51. The summed E-state index contributed by atoms with van der Waals surface area (Å²) in [5, 5.41) is 1.15. The van der Waals surface area contributed by atoms with Gasteiger partial charge in [0.25, 0.3) is 10.1 Å². The largest absolute Gasteiger partial charge is 0.291 e. The molecule has 0 aromatic rings. The fraction of sp³-hybridized carbons (Fsp3) is 0.600. The fourth-order valence-electron chi connectivity index (χ4n) is 0.623. The minimum Gasteiger partial charge on any atom is -0.255 e. The van der Waals surface area contributed by atoms with Crippen molar-refractivity contribution in [3.8, 4) is 0 Å². The fourth-order valence-corrected chi connectivity index (χ4v) is 3.07. The second-order valence-electron chi connectivity index (χ2n) is 2.55. The molecule has 0 N–H and O–H groups in total. The molecule has 0 saturated heterocycles. The molecule has 0 radical (unpaired) electrons. The zero-order valence-corrected chi connectivity index (χ0v) is 8.56. The van der Waals surface area contributed by atoms with Crippen LogP contribution in [0.3, 0.4) is 0 Å². The molecular formula is C5H7IO3S. The molecule has 1 rings (SSSR count). The van der Waals surface area contributed by atoms with Crippen LogP contribution >= 0.6 is 22.6 Å². The lowest BCUT2D eigenvalue weighted by Gasteiger charge is -2.15. The molecule has 0 bridgehead atoms. The molecule has 1 aliphatic heterocycles. The Morgan fingerprint density at radius 2 is 2.10 bits per heavy atom. The Bertz CT molecular complexity index is 275. The molecule has 10 heavy (non-hydrogen) atoms. The average molecular weight is 274 g/mol. The lowest BCUT2D eigenvalue weighted by molar-refractivity contribution is 0.182. The first-order valence-corrected chi connectivity index (χ1v) is 5.22. The van der Waals surface area contributed by atoms with Crippen LogP contribution in [0.2, 0.25) is 0 Å². The number of hydrogen-bond acceptors (Lipinski definition) is 3. The summed E-state index contributed by atoms with van der Waals surface area (Å²) in [5.41, 5.74) is -0.653. The number of rotatable bonds is 0. The molecule has 1 aliphatic rings. The lowest BCUT2D eigenvalue weighted by Crippen LogP contribution is -2.20. The van der Waals surface area contributed by atoms with Crippen LogP contribution in [0.25, 0.3) is 0 Å². The van der Waals surface area contributed by atoms with Crippen LogP contribution in [0.15, 0.2) is 8.99 Å². The van der Waals surface area contributed by atoms with Gasteiger partial charge in [0, 0.05) is 3.58 Å². The van der Waals surface area contributed by atoms with Gasteiger partial charge in [-0.3, -0.25) is 4.18 Å². The van der Waals surface area contributed by atoms with Crippen molar-refractivity contribution in [1.29, 1.82) is 0 Å². The van der Waals surface area contributed by atoms with E-state index in [1.54, 1.807) is 13.8 Å². The van der Waals surface area contributed by atoms with Crippen molar-refractivity contribution in [2.24, 2.45) is 0 Å². The van der Waals surface area contributed by atoms with Gasteiger partial charge in [-0.2, -0.15) is 8.42 Å². The van der Waals surface area contributed by atoms with Crippen LogP contribution in [0.4, 0.5) is 0 Å². The van der Waals surface area contributed by atoms with Crippen molar-refractivity contribution in [1.82, 2.24) is 0 Å². The quantitative estimate of drug-likeness (QED) is 0.495. The van der Waals surface area contributed by atoms with E-state index in [0.717, 1.165) is 5.41 Å². The third-order valence-electron chi connectivity index (χ3n) is 1.15. The van der Waals surface area contributed by atoms with Crippen molar-refractivity contribution in [3.63, 3.8) is 0 Å². The van der Waals surface area contributed by atoms with Crippen LogP contribution in [-0.4, -0.2) is 14.0 Å². The molecule has 3 nitrogen and oxygen atoms in total. The molecule has 0 aromatic carbocycles. The highest BCUT2D eigenvalue weighted by atomic mass is 127. The lowest BCUT2D eigenvalue weighted by atomic mass is 10.1. The summed E-state index contributed by atoms with van der Waals surface area (Å²) in [6.45, 7) is 3.44. The summed E-state index contributed by atoms with van der Waals surface area (Å²) in [4.78, 5) is 0. The van der Waals surface area contributed by atoms with Gasteiger partial charge >= 0.3 is 0 Å². The first-order valence-electron chi connectivity index (χ1n) is 2.67. The molecule has 0 aliphatic carbocycles. The van der Waals surface area contributed by atoms with E-state index in [9.17, 15) is 8.42 Å². The average Bonchev–Trinajstić information content (AvgIpc) is 1.73. The molecule has 0 aromatic heterocycles. The second kappa shape index (κ2) is 2.18. The maximum Gasteiger partial charge on any atom is 0.291 e. The maximum atomic E-state index is 10.8. The van der Waals surface area contributed by atoms with Crippen LogP contribution < -0.4 is 0 Å². The highest BCUT2D eigenvalue weighted by molar-refractivity contribution is 14.1. The van der Waals surface area contributed by atoms with Gasteiger partial charge in [0.2, 0.25) is 0 Å². The second-order valence-corrected chi connectivity index (χ2v) is 5.10. The Kier molecular flexibility index (Phi) is 1.85. The van der Waals surface area contributed by atoms with Crippen LogP contribution in [-0.2, 0) is 14.3 Å². The number of hydrogen-bond donors (Lipinski definition) is 0. The van der Waals surface area contributed by atoms with Crippen molar-refractivity contribution < 1.29 is 12.6 Å². The summed E-state index contributed by atoms with van der Waals surface area (Å²) in [7, 11) is -3.37. The van der Waals surface area contributed by atoms with Crippen molar-refractivity contribution >= 4 is 32.7 Å². The minimum absolute atomic E-state index is 0.653. The van der Waals surface area contributed by atoms with E-state index in [2.05, 4.69) is 0 Å². The van der Waals surface area contributed by atoms with Gasteiger partial charge < -0.3 is 0 Å². The zero-order chi connectivity index (χ0) is 7.99. The zero-order valence-electron chi connectivity index (χ0n) is 5.59. The molecule has 0 unspecified atom stereocenters. The van der Waals surface area contributed by atoms with Gasteiger partial charge in [-0.05, 0) is 36.4 Å². The van der Waals surface area contributed by atoms with Gasteiger partial charge in [-0.15, -0.1) is 0 Å². The van der Waals surface area contributed by atoms with Crippen LogP contribution in [0, 0.1) is 0 Å². The Hall–Kier alpha value is 0.380. The van der Waals surface area contributed by atoms with Crippen molar-refractivity contribution in [3.05, 3.63) is 8.99 Å². The van der Waals surface area contributed by atoms with E-state index in [1.807, 2.05) is 22.6 Å². The molecule has 58 valence electrons. The Morgan fingerprint density at radius 3 is 2.20 bits per heavy atom. The topological polar surface area (TPSA) is 43.4 Å². The Morgan fingerprint density at radius 1 is 1.60 bits per heavy atom. The molecule has 0 saturated carbocycles. The third-order valence-corrected chi connectivity index (χ3v) is 4.35. The molecule has 0 spiro atoms. The predicted octanol–water partition coefficient (Wildman–Crippen LogP) is 1.40. The maximum absolute atomic E-state index is 10.8. The van der Waals surface area contributed by atoms with Gasteiger partial charge in [0.1, 0.15) is 5.60 Å². The summed E-state index contributed by atoms with van der Waals surface area (Å²) >= 11 is 1.96. The highest BCUT2D eigenvalue weighted by Gasteiger charge is 2.35. The minimum atomic E-state index is -3.37. The van der Waals surface area contributed by atoms with Gasteiger partial charge in [0.05, 0.1) is 5.41 Å². The standard InChI is InChI=1S/C5H7IO3S/c1-5(2)4(6)3-10(7,8)9-5/h3H,1-2H3. The Labute approximate surface area is 73.7 Å². The smallest absolute Gasteiger partial charge is 0.255 e. The number of halogens is 1. The van der Waals surface area contributed by atoms with Crippen molar-refractivity contribution in [2.75, 3.05) is 0 Å². The highest BCUT2D eigenvalue weighted by Crippen LogP contribution is 2.35.